The van der Waals surface area contributed by atoms with E-state index in [9.17, 15) is 27.2 Å². The molecular formula is C23H24F4N2O3. The van der Waals surface area contributed by atoms with Crippen molar-refractivity contribution in [2.45, 2.75) is 25.6 Å². The Hall–Kier alpha value is -3.10. The molecule has 0 unspecified atom stereocenters. The Morgan fingerprint density at radius 3 is 2.34 bits per heavy atom. The Bertz CT molecular complexity index is 930. The molecule has 0 bridgehead atoms. The van der Waals surface area contributed by atoms with Crippen molar-refractivity contribution in [3.05, 3.63) is 65.5 Å². The van der Waals surface area contributed by atoms with E-state index in [0.29, 0.717) is 30.7 Å². The Labute approximate surface area is 183 Å². The van der Waals surface area contributed by atoms with Crippen LogP contribution in [0.3, 0.4) is 0 Å². The first-order valence-electron chi connectivity index (χ1n) is 10.2. The van der Waals surface area contributed by atoms with Crippen LogP contribution >= 0.6 is 0 Å². The number of rotatable bonds is 6. The van der Waals surface area contributed by atoms with Crippen molar-refractivity contribution in [1.29, 1.82) is 0 Å². The molecule has 3 rings (SSSR count). The van der Waals surface area contributed by atoms with Crippen LogP contribution in [-0.4, -0.2) is 54.5 Å². The van der Waals surface area contributed by atoms with Gasteiger partial charge in [0.25, 0.3) is 5.91 Å². The number of alkyl halides is 3. The van der Waals surface area contributed by atoms with Crippen LogP contribution in [0.25, 0.3) is 0 Å². The maximum Gasteiger partial charge on any atom is 0.406 e. The van der Waals surface area contributed by atoms with Gasteiger partial charge in [0.2, 0.25) is 5.91 Å². The molecule has 0 N–H and O–H groups in total. The molecule has 0 aromatic heterocycles. The van der Waals surface area contributed by atoms with Crippen molar-refractivity contribution < 1.29 is 31.9 Å². The highest BCUT2D eigenvalue weighted by atomic mass is 19.4. The predicted octanol–water partition coefficient (Wildman–Crippen LogP) is 4.28. The topological polar surface area (TPSA) is 49.9 Å². The second-order valence-corrected chi connectivity index (χ2v) is 7.75. The van der Waals surface area contributed by atoms with Crippen molar-refractivity contribution in [2.75, 3.05) is 26.7 Å². The first-order valence-corrected chi connectivity index (χ1v) is 10.2. The molecule has 1 aliphatic rings. The normalized spacial score (nSPS) is 16.5. The van der Waals surface area contributed by atoms with Gasteiger partial charge >= 0.3 is 6.18 Å². The van der Waals surface area contributed by atoms with E-state index >= 15 is 0 Å². The van der Waals surface area contributed by atoms with Gasteiger partial charge in [-0.05, 0) is 54.8 Å². The van der Waals surface area contributed by atoms with Crippen LogP contribution in [0.5, 0.6) is 5.75 Å². The molecule has 1 atom stereocenters. The van der Waals surface area contributed by atoms with Crippen molar-refractivity contribution in [2.24, 2.45) is 5.92 Å². The molecule has 0 saturated carbocycles. The number of carbonyl (C=O) groups is 2. The van der Waals surface area contributed by atoms with Crippen molar-refractivity contribution >= 4 is 11.8 Å². The van der Waals surface area contributed by atoms with Crippen LogP contribution in [0.4, 0.5) is 17.6 Å². The number of halogens is 4. The summed E-state index contributed by atoms with van der Waals surface area (Å²) in [6.07, 6.45) is -3.67. The Kier molecular flexibility index (Phi) is 7.37. The van der Waals surface area contributed by atoms with Crippen molar-refractivity contribution in [3.63, 3.8) is 0 Å². The molecule has 1 fully saturated rings. The van der Waals surface area contributed by atoms with E-state index in [0.717, 1.165) is 4.90 Å². The lowest BCUT2D eigenvalue weighted by atomic mass is 9.95. The number of hydrogen-bond acceptors (Lipinski definition) is 3. The van der Waals surface area contributed by atoms with Crippen molar-refractivity contribution in [1.82, 2.24) is 9.80 Å². The smallest absolute Gasteiger partial charge is 0.406 e. The zero-order valence-electron chi connectivity index (χ0n) is 17.6. The summed E-state index contributed by atoms with van der Waals surface area (Å²) >= 11 is 0. The number of ether oxygens (including phenoxy) is 1. The molecule has 0 aliphatic carbocycles. The number of carbonyl (C=O) groups excluding carboxylic acids is 2. The van der Waals surface area contributed by atoms with Gasteiger partial charge in [0.15, 0.2) is 0 Å². The van der Waals surface area contributed by atoms with E-state index in [1.807, 2.05) is 0 Å². The summed E-state index contributed by atoms with van der Waals surface area (Å²) in [5, 5.41) is 0. The summed E-state index contributed by atoms with van der Waals surface area (Å²) in [7, 11) is 1.48. The monoisotopic (exact) mass is 452 g/mol. The molecule has 2 aromatic carbocycles. The number of methoxy groups -OCH3 is 1. The van der Waals surface area contributed by atoms with Gasteiger partial charge in [-0.3, -0.25) is 9.59 Å². The lowest BCUT2D eigenvalue weighted by molar-refractivity contribution is -0.165. The molecule has 2 amide bonds. The summed E-state index contributed by atoms with van der Waals surface area (Å²) < 4.78 is 57.8. The number of amides is 2. The summed E-state index contributed by atoms with van der Waals surface area (Å²) in [4.78, 5) is 28.0. The van der Waals surface area contributed by atoms with E-state index in [4.69, 9.17) is 4.74 Å². The largest absolute Gasteiger partial charge is 0.497 e. The third-order valence-electron chi connectivity index (χ3n) is 5.36. The Morgan fingerprint density at radius 1 is 1.09 bits per heavy atom. The highest BCUT2D eigenvalue weighted by molar-refractivity contribution is 5.94. The van der Waals surface area contributed by atoms with Gasteiger partial charge in [-0.1, -0.05) is 12.1 Å². The number of hydrogen-bond donors (Lipinski definition) is 0. The fraction of sp³-hybridized carbons (Fsp3) is 0.391. The molecule has 5 nitrogen and oxygen atoms in total. The molecule has 1 aliphatic heterocycles. The van der Waals surface area contributed by atoms with E-state index in [1.165, 1.54) is 36.3 Å². The van der Waals surface area contributed by atoms with Crippen LogP contribution in [0.15, 0.2) is 48.5 Å². The predicted molar refractivity (Wildman–Crippen MR) is 109 cm³/mol. The zero-order valence-corrected chi connectivity index (χ0v) is 17.6. The van der Waals surface area contributed by atoms with Gasteiger partial charge in [-0.2, -0.15) is 13.2 Å². The summed E-state index contributed by atoms with van der Waals surface area (Å²) in [6.45, 7) is -1.17. The zero-order chi connectivity index (χ0) is 23.3. The second kappa shape index (κ2) is 10.0. The van der Waals surface area contributed by atoms with Gasteiger partial charge in [-0.25, -0.2) is 4.39 Å². The van der Waals surface area contributed by atoms with Gasteiger partial charge in [0, 0.05) is 25.2 Å². The number of benzene rings is 2. The number of nitrogens with zero attached hydrogens (tertiary/aromatic N) is 2. The number of likely N-dealkylation sites (tertiary alicyclic amines) is 1. The van der Waals surface area contributed by atoms with E-state index in [-0.39, 0.29) is 24.6 Å². The minimum absolute atomic E-state index is 0.0199. The first kappa shape index (κ1) is 23.6. The van der Waals surface area contributed by atoms with E-state index in [1.54, 1.807) is 24.3 Å². The molecule has 9 heteroatoms. The maximum atomic E-state index is 13.2. The average molecular weight is 452 g/mol. The standard InChI is InChI=1S/C23H24F4N2O3/c1-32-20-10-4-16(5-11-20)13-29(15-23(25,26)27)22(31)18-3-2-12-28(14-18)21(30)17-6-8-19(24)9-7-17/h4-11,18H,2-3,12-15H2,1H3/t18-/m0/s1. The molecule has 1 heterocycles. The fourth-order valence-corrected chi connectivity index (χ4v) is 3.78. The highest BCUT2D eigenvalue weighted by Gasteiger charge is 2.37. The van der Waals surface area contributed by atoms with E-state index in [2.05, 4.69) is 0 Å². The molecule has 172 valence electrons. The summed E-state index contributed by atoms with van der Waals surface area (Å²) in [5.74, 6) is -1.68. The maximum absolute atomic E-state index is 13.2. The molecule has 1 saturated heterocycles. The van der Waals surface area contributed by atoms with Crippen molar-refractivity contribution in [3.8, 4) is 5.75 Å². The van der Waals surface area contributed by atoms with Gasteiger partial charge in [0.1, 0.15) is 18.1 Å². The molecule has 0 spiro atoms. The summed E-state index contributed by atoms with van der Waals surface area (Å²) in [6, 6.07) is 11.5. The molecular weight excluding hydrogens is 428 g/mol. The first-order chi connectivity index (χ1) is 15.2. The average Bonchev–Trinajstić information content (AvgIpc) is 2.78. The quantitative estimate of drug-likeness (QED) is 0.615. The highest BCUT2D eigenvalue weighted by Crippen LogP contribution is 2.25. The van der Waals surface area contributed by atoms with Gasteiger partial charge in [-0.15, -0.1) is 0 Å². The van der Waals surface area contributed by atoms with Crippen LogP contribution in [0, 0.1) is 11.7 Å². The van der Waals surface area contributed by atoms with Gasteiger partial charge < -0.3 is 14.5 Å². The minimum Gasteiger partial charge on any atom is -0.497 e. The third kappa shape index (κ3) is 6.21. The summed E-state index contributed by atoms with van der Waals surface area (Å²) in [5.41, 5.74) is 0.809. The van der Waals surface area contributed by atoms with Crippen LogP contribution in [-0.2, 0) is 11.3 Å². The third-order valence-corrected chi connectivity index (χ3v) is 5.36. The molecule has 32 heavy (non-hydrogen) atoms. The molecule has 0 radical (unpaired) electrons. The minimum atomic E-state index is -4.56. The lowest BCUT2D eigenvalue weighted by Crippen LogP contribution is -2.48. The van der Waals surface area contributed by atoms with Crippen LogP contribution < -0.4 is 4.74 Å². The fourth-order valence-electron chi connectivity index (χ4n) is 3.78. The number of piperidine rings is 1. The molecule has 2 aromatic rings. The van der Waals surface area contributed by atoms with E-state index < -0.39 is 30.4 Å². The van der Waals surface area contributed by atoms with Gasteiger partial charge in [0.05, 0.1) is 13.0 Å². The second-order valence-electron chi connectivity index (χ2n) is 7.75. The Morgan fingerprint density at radius 2 is 1.75 bits per heavy atom. The SMILES string of the molecule is COc1ccc(CN(CC(F)(F)F)C(=O)[C@H]2CCCN(C(=O)c3ccc(F)cc3)C2)cc1. The van der Waals surface area contributed by atoms with Crippen LogP contribution in [0.1, 0.15) is 28.8 Å². The Balaban J connectivity index is 1.73. The van der Waals surface area contributed by atoms with Crippen LogP contribution in [0.2, 0.25) is 0 Å². The lowest BCUT2D eigenvalue weighted by Gasteiger charge is -2.35.